The summed E-state index contributed by atoms with van der Waals surface area (Å²) in [5, 5.41) is 0. The number of amides is 2. The van der Waals surface area contributed by atoms with E-state index in [-0.39, 0.29) is 17.5 Å². The molecular weight excluding hydrogens is 486 g/mol. The quantitative estimate of drug-likeness (QED) is 0.398. The molecule has 5 rings (SSSR count). The van der Waals surface area contributed by atoms with Gasteiger partial charge < -0.3 is 14.4 Å². The van der Waals surface area contributed by atoms with Crippen LogP contribution in [0.2, 0.25) is 0 Å². The summed E-state index contributed by atoms with van der Waals surface area (Å²) in [6.07, 6.45) is 6.37. The van der Waals surface area contributed by atoms with Crippen LogP contribution >= 0.6 is 0 Å². The number of hydrogen-bond acceptors (Lipinski definition) is 4. The molecular formula is C33H43N3O3. The third kappa shape index (κ3) is 5.07. The predicted octanol–water partition coefficient (Wildman–Crippen LogP) is 6.56. The number of hydrogen-bond donors (Lipinski definition) is 0. The summed E-state index contributed by atoms with van der Waals surface area (Å²) in [5.74, 6) is 1.69. The number of benzene rings is 2. The van der Waals surface area contributed by atoms with Gasteiger partial charge in [-0.2, -0.15) is 0 Å². The van der Waals surface area contributed by atoms with Gasteiger partial charge in [0.25, 0.3) is 0 Å². The first-order valence-electron chi connectivity index (χ1n) is 14.1. The summed E-state index contributed by atoms with van der Waals surface area (Å²) in [4.78, 5) is 20.9. The number of carbonyl (C=O) groups is 1. The Balaban J connectivity index is 1.49. The van der Waals surface area contributed by atoms with Crippen LogP contribution in [-0.4, -0.2) is 60.1 Å². The topological polar surface area (TPSA) is 45.3 Å². The van der Waals surface area contributed by atoms with E-state index < -0.39 is 0 Å². The van der Waals surface area contributed by atoms with Crippen molar-refractivity contribution in [1.82, 2.24) is 14.7 Å². The molecule has 2 amide bonds. The molecule has 0 bridgehead atoms. The molecule has 208 valence electrons. The summed E-state index contributed by atoms with van der Waals surface area (Å²) in [7, 11) is 3.38. The van der Waals surface area contributed by atoms with Gasteiger partial charge in [0.15, 0.2) is 0 Å². The summed E-state index contributed by atoms with van der Waals surface area (Å²) < 4.78 is 11.4. The fourth-order valence-corrected chi connectivity index (χ4v) is 6.85. The van der Waals surface area contributed by atoms with Gasteiger partial charge in [-0.1, -0.05) is 54.0 Å². The molecule has 0 radical (unpaired) electrons. The predicted molar refractivity (Wildman–Crippen MR) is 156 cm³/mol. The van der Waals surface area contributed by atoms with Gasteiger partial charge in [-0.25, -0.2) is 4.79 Å². The first-order valence-corrected chi connectivity index (χ1v) is 14.1. The number of methoxy groups -OCH3 is 2. The van der Waals surface area contributed by atoms with Crippen molar-refractivity contribution in [3.63, 3.8) is 0 Å². The highest BCUT2D eigenvalue weighted by molar-refractivity contribution is 5.83. The van der Waals surface area contributed by atoms with Crippen LogP contribution in [0.5, 0.6) is 11.5 Å². The van der Waals surface area contributed by atoms with Gasteiger partial charge >= 0.3 is 6.03 Å². The van der Waals surface area contributed by atoms with Crippen molar-refractivity contribution in [3.8, 4) is 11.5 Å². The van der Waals surface area contributed by atoms with E-state index in [4.69, 9.17) is 9.47 Å². The number of likely N-dealkylation sites (tertiary alicyclic amines) is 1. The number of rotatable bonds is 6. The van der Waals surface area contributed by atoms with Gasteiger partial charge in [0.05, 0.1) is 26.3 Å². The molecule has 3 aliphatic heterocycles. The number of aryl methyl sites for hydroxylation is 2. The first kappa shape index (κ1) is 27.3. The van der Waals surface area contributed by atoms with Crippen molar-refractivity contribution >= 4 is 6.03 Å². The van der Waals surface area contributed by atoms with E-state index in [0.717, 1.165) is 60.8 Å². The number of fused-ring (bicyclic) bond motifs is 3. The lowest BCUT2D eigenvalue weighted by Crippen LogP contribution is -2.53. The second kappa shape index (κ2) is 10.7. The highest BCUT2D eigenvalue weighted by Gasteiger charge is 2.55. The summed E-state index contributed by atoms with van der Waals surface area (Å²) in [6.45, 7) is 14.8. The van der Waals surface area contributed by atoms with Crippen molar-refractivity contribution in [2.75, 3.05) is 33.9 Å². The maximum absolute atomic E-state index is 14.2. The van der Waals surface area contributed by atoms with Gasteiger partial charge in [0, 0.05) is 49.4 Å². The molecule has 1 unspecified atom stereocenters. The molecule has 1 atom stereocenters. The van der Waals surface area contributed by atoms with E-state index in [1.165, 1.54) is 22.3 Å². The van der Waals surface area contributed by atoms with Crippen molar-refractivity contribution in [3.05, 3.63) is 81.6 Å². The Bertz CT molecular complexity index is 1300. The molecule has 2 aromatic rings. The third-order valence-electron chi connectivity index (χ3n) is 8.65. The Kier molecular flexibility index (Phi) is 7.51. The normalized spacial score (nSPS) is 20.3. The fraction of sp³-hybridized carbons (Fsp3) is 0.485. The number of carbonyl (C=O) groups excluding carboxylic acids is 1. The fourth-order valence-electron chi connectivity index (χ4n) is 6.85. The van der Waals surface area contributed by atoms with Gasteiger partial charge in [-0.15, -0.1) is 0 Å². The van der Waals surface area contributed by atoms with E-state index in [1.54, 1.807) is 14.2 Å². The van der Waals surface area contributed by atoms with Crippen LogP contribution in [0.3, 0.4) is 0 Å². The molecule has 6 heteroatoms. The zero-order valence-electron chi connectivity index (χ0n) is 24.6. The van der Waals surface area contributed by atoms with Crippen LogP contribution in [0, 0.1) is 13.8 Å². The van der Waals surface area contributed by atoms with E-state index in [9.17, 15) is 4.79 Å². The molecule has 3 aliphatic rings. The molecule has 2 fully saturated rings. The highest BCUT2D eigenvalue weighted by atomic mass is 16.5. The number of ether oxygens (including phenoxy) is 2. The van der Waals surface area contributed by atoms with E-state index in [1.807, 2.05) is 11.0 Å². The minimum atomic E-state index is -0.310. The minimum Gasteiger partial charge on any atom is -0.497 e. The average molecular weight is 530 g/mol. The van der Waals surface area contributed by atoms with Crippen LogP contribution in [0.4, 0.5) is 4.79 Å². The van der Waals surface area contributed by atoms with E-state index in [0.29, 0.717) is 13.1 Å². The maximum Gasteiger partial charge on any atom is 0.325 e. The third-order valence-corrected chi connectivity index (χ3v) is 8.65. The van der Waals surface area contributed by atoms with Crippen molar-refractivity contribution in [1.29, 1.82) is 0 Å². The van der Waals surface area contributed by atoms with Crippen LogP contribution in [0.15, 0.2) is 53.8 Å². The molecule has 1 spiro atoms. The average Bonchev–Trinajstić information content (AvgIpc) is 2.99. The molecule has 3 heterocycles. The molecule has 6 nitrogen and oxygen atoms in total. The largest absolute Gasteiger partial charge is 0.497 e. The Morgan fingerprint density at radius 2 is 1.72 bits per heavy atom. The lowest BCUT2D eigenvalue weighted by Gasteiger charge is -2.44. The van der Waals surface area contributed by atoms with Gasteiger partial charge in [-0.3, -0.25) is 9.80 Å². The Morgan fingerprint density at radius 1 is 1.03 bits per heavy atom. The van der Waals surface area contributed by atoms with Crippen LogP contribution < -0.4 is 9.47 Å². The zero-order valence-corrected chi connectivity index (χ0v) is 24.6. The molecule has 0 saturated carbocycles. The standard InChI is InChI=1S/C33H43N3O3/c1-22(2)8-11-36-32(37)35-21-27-18-28(38-6)19-29(39-7)31(27)25(5)17-30(35)33(36)9-12-34(13-10-33)20-26-15-23(3)14-24(4)16-26/h8,14-19,25H,9-13,20-21H2,1-7H3. The smallest absolute Gasteiger partial charge is 0.325 e. The highest BCUT2D eigenvalue weighted by Crippen LogP contribution is 2.49. The lowest BCUT2D eigenvalue weighted by molar-refractivity contribution is 0.0921. The first-order chi connectivity index (χ1) is 18.6. The molecule has 2 saturated heterocycles. The number of allylic oxidation sites excluding steroid dienone is 2. The van der Waals surface area contributed by atoms with Gasteiger partial charge in [0.2, 0.25) is 0 Å². The molecule has 0 N–H and O–H groups in total. The number of urea groups is 1. The molecule has 2 aromatic carbocycles. The summed E-state index contributed by atoms with van der Waals surface area (Å²) in [6, 6.07) is 11.0. The van der Waals surface area contributed by atoms with E-state index >= 15 is 0 Å². The van der Waals surface area contributed by atoms with E-state index in [2.05, 4.69) is 80.8 Å². The second-order valence-electron chi connectivity index (χ2n) is 11.8. The number of nitrogens with zero attached hydrogens (tertiary/aromatic N) is 3. The Hall–Kier alpha value is -3.25. The second-order valence-corrected chi connectivity index (χ2v) is 11.8. The summed E-state index contributed by atoms with van der Waals surface area (Å²) >= 11 is 0. The molecule has 0 aromatic heterocycles. The SMILES string of the molecule is COc1cc2c(c(OC)c1)C(C)C=C1N(C2)C(=O)N(CC=C(C)C)C12CCN(Cc1cc(C)cc(C)c1)CC2. The van der Waals surface area contributed by atoms with Gasteiger partial charge in [-0.05, 0) is 57.7 Å². The Morgan fingerprint density at radius 3 is 2.33 bits per heavy atom. The van der Waals surface area contributed by atoms with Crippen molar-refractivity contribution < 1.29 is 14.3 Å². The maximum atomic E-state index is 14.2. The Labute approximate surface area is 233 Å². The van der Waals surface area contributed by atoms with Crippen LogP contribution in [0.1, 0.15) is 67.3 Å². The van der Waals surface area contributed by atoms with Crippen LogP contribution in [0.25, 0.3) is 0 Å². The van der Waals surface area contributed by atoms with Crippen LogP contribution in [-0.2, 0) is 13.1 Å². The van der Waals surface area contributed by atoms with Crippen molar-refractivity contribution in [2.24, 2.45) is 0 Å². The zero-order chi connectivity index (χ0) is 27.9. The molecule has 39 heavy (non-hydrogen) atoms. The monoisotopic (exact) mass is 529 g/mol. The lowest BCUT2D eigenvalue weighted by atomic mass is 9.81. The number of piperidine rings is 1. The van der Waals surface area contributed by atoms with Gasteiger partial charge in [0.1, 0.15) is 11.5 Å². The molecule has 0 aliphatic carbocycles. The minimum absolute atomic E-state index is 0.100. The van der Waals surface area contributed by atoms with Crippen molar-refractivity contribution in [2.45, 2.75) is 72.0 Å². The summed E-state index contributed by atoms with van der Waals surface area (Å²) in [5.41, 5.74) is 8.30.